The maximum absolute atomic E-state index is 11.7. The van der Waals surface area contributed by atoms with E-state index in [1.54, 1.807) is 0 Å². The molecule has 1 aliphatic carbocycles. The smallest absolute Gasteiger partial charge is 0.224 e. The van der Waals surface area contributed by atoms with Crippen molar-refractivity contribution in [3.63, 3.8) is 0 Å². The summed E-state index contributed by atoms with van der Waals surface area (Å²) in [7, 11) is 0. The first-order valence-electron chi connectivity index (χ1n) is 6.72. The molecule has 0 heterocycles. The monoisotopic (exact) mass is 226 g/mol. The van der Waals surface area contributed by atoms with E-state index in [1.165, 1.54) is 32.1 Å². The van der Waals surface area contributed by atoms with E-state index in [0.717, 1.165) is 25.6 Å². The summed E-state index contributed by atoms with van der Waals surface area (Å²) in [6, 6.07) is 0. The predicted octanol–water partition coefficient (Wildman–Crippen LogP) is 1.93. The molecule has 0 bridgehead atoms. The summed E-state index contributed by atoms with van der Waals surface area (Å²) < 4.78 is 0. The van der Waals surface area contributed by atoms with Crippen molar-refractivity contribution in [2.75, 3.05) is 19.6 Å². The minimum absolute atomic E-state index is 0.0866. The van der Waals surface area contributed by atoms with Gasteiger partial charge in [-0.1, -0.05) is 33.1 Å². The van der Waals surface area contributed by atoms with Gasteiger partial charge in [-0.05, 0) is 25.3 Å². The molecule has 1 aliphatic rings. The fourth-order valence-electron chi connectivity index (χ4n) is 2.26. The van der Waals surface area contributed by atoms with Crippen molar-refractivity contribution in [1.82, 2.24) is 10.6 Å². The number of carbonyl (C=O) groups excluding carboxylic acids is 1. The SMILES string of the molecule is CCNCC(C)C(=O)NCC1CCCCC1. The summed E-state index contributed by atoms with van der Waals surface area (Å²) in [5.74, 6) is 1.01. The van der Waals surface area contributed by atoms with E-state index < -0.39 is 0 Å². The van der Waals surface area contributed by atoms with E-state index in [-0.39, 0.29) is 11.8 Å². The summed E-state index contributed by atoms with van der Waals surface area (Å²) in [4.78, 5) is 11.7. The lowest BCUT2D eigenvalue weighted by Gasteiger charge is -2.22. The highest BCUT2D eigenvalue weighted by molar-refractivity contribution is 5.78. The Morgan fingerprint density at radius 1 is 1.31 bits per heavy atom. The van der Waals surface area contributed by atoms with Crippen LogP contribution in [0.4, 0.5) is 0 Å². The molecule has 0 aromatic carbocycles. The van der Waals surface area contributed by atoms with E-state index in [1.807, 2.05) is 6.92 Å². The van der Waals surface area contributed by atoms with Crippen molar-refractivity contribution in [3.8, 4) is 0 Å². The zero-order chi connectivity index (χ0) is 11.8. The zero-order valence-corrected chi connectivity index (χ0v) is 10.7. The summed E-state index contributed by atoms with van der Waals surface area (Å²) in [6.07, 6.45) is 6.64. The van der Waals surface area contributed by atoms with Gasteiger partial charge in [-0.25, -0.2) is 0 Å². The summed E-state index contributed by atoms with van der Waals surface area (Å²) in [5, 5.41) is 6.29. The Hall–Kier alpha value is -0.570. The molecule has 1 rings (SSSR count). The quantitative estimate of drug-likeness (QED) is 0.726. The highest BCUT2D eigenvalue weighted by atomic mass is 16.1. The fourth-order valence-corrected chi connectivity index (χ4v) is 2.26. The molecule has 16 heavy (non-hydrogen) atoms. The Labute approximate surface area is 99.4 Å². The van der Waals surface area contributed by atoms with Crippen LogP contribution >= 0.6 is 0 Å². The van der Waals surface area contributed by atoms with Crippen LogP contribution in [0.1, 0.15) is 46.0 Å². The molecule has 0 spiro atoms. The second-order valence-electron chi connectivity index (χ2n) is 4.96. The van der Waals surface area contributed by atoms with Gasteiger partial charge in [0.2, 0.25) is 5.91 Å². The Bertz CT molecular complexity index is 200. The average molecular weight is 226 g/mol. The van der Waals surface area contributed by atoms with E-state index in [9.17, 15) is 4.79 Å². The van der Waals surface area contributed by atoms with Gasteiger partial charge in [0.15, 0.2) is 0 Å². The molecule has 0 aliphatic heterocycles. The van der Waals surface area contributed by atoms with Crippen LogP contribution in [0.2, 0.25) is 0 Å². The van der Waals surface area contributed by atoms with Crippen LogP contribution in [0, 0.1) is 11.8 Å². The minimum atomic E-state index is 0.0866. The Balaban J connectivity index is 2.12. The van der Waals surface area contributed by atoms with E-state index in [4.69, 9.17) is 0 Å². The lowest BCUT2D eigenvalue weighted by Crippen LogP contribution is -2.38. The number of rotatable bonds is 6. The molecular weight excluding hydrogens is 200 g/mol. The molecule has 0 aromatic rings. The topological polar surface area (TPSA) is 41.1 Å². The Morgan fingerprint density at radius 2 is 2.00 bits per heavy atom. The van der Waals surface area contributed by atoms with Crippen molar-refractivity contribution >= 4 is 5.91 Å². The molecule has 1 amide bonds. The lowest BCUT2D eigenvalue weighted by atomic mass is 9.89. The van der Waals surface area contributed by atoms with Gasteiger partial charge in [-0.2, -0.15) is 0 Å². The molecule has 1 unspecified atom stereocenters. The number of hydrogen-bond donors (Lipinski definition) is 2. The standard InChI is InChI=1S/C13H26N2O/c1-3-14-9-11(2)13(16)15-10-12-7-5-4-6-8-12/h11-12,14H,3-10H2,1-2H3,(H,15,16). The normalized spacial score (nSPS) is 19.4. The minimum Gasteiger partial charge on any atom is -0.356 e. The van der Waals surface area contributed by atoms with Crippen molar-refractivity contribution in [2.24, 2.45) is 11.8 Å². The second-order valence-corrected chi connectivity index (χ2v) is 4.96. The maximum Gasteiger partial charge on any atom is 0.224 e. The van der Waals surface area contributed by atoms with Crippen LogP contribution < -0.4 is 10.6 Å². The number of nitrogens with one attached hydrogen (secondary N) is 2. The summed E-state index contributed by atoms with van der Waals surface area (Å²) >= 11 is 0. The van der Waals surface area contributed by atoms with Gasteiger partial charge in [0.25, 0.3) is 0 Å². The zero-order valence-electron chi connectivity index (χ0n) is 10.7. The first-order chi connectivity index (χ1) is 7.74. The Morgan fingerprint density at radius 3 is 2.62 bits per heavy atom. The van der Waals surface area contributed by atoms with E-state index >= 15 is 0 Å². The summed E-state index contributed by atoms with van der Waals surface area (Å²) in [6.45, 7) is 6.65. The van der Waals surface area contributed by atoms with Crippen LogP contribution in [0.25, 0.3) is 0 Å². The average Bonchev–Trinajstić information content (AvgIpc) is 2.34. The highest BCUT2D eigenvalue weighted by Crippen LogP contribution is 2.22. The second kappa shape index (κ2) is 7.66. The fraction of sp³-hybridized carbons (Fsp3) is 0.923. The molecule has 3 heteroatoms. The number of carbonyl (C=O) groups is 1. The summed E-state index contributed by atoms with van der Waals surface area (Å²) in [5.41, 5.74) is 0. The number of hydrogen-bond acceptors (Lipinski definition) is 2. The predicted molar refractivity (Wildman–Crippen MR) is 67.3 cm³/mol. The van der Waals surface area contributed by atoms with Crippen molar-refractivity contribution in [1.29, 1.82) is 0 Å². The van der Waals surface area contributed by atoms with Gasteiger partial charge in [0, 0.05) is 19.0 Å². The molecule has 0 radical (unpaired) electrons. The molecule has 3 nitrogen and oxygen atoms in total. The molecule has 0 aromatic heterocycles. The van der Waals surface area contributed by atoms with Gasteiger partial charge in [-0.3, -0.25) is 4.79 Å². The molecule has 1 fully saturated rings. The van der Waals surface area contributed by atoms with Crippen LogP contribution in [0.15, 0.2) is 0 Å². The van der Waals surface area contributed by atoms with Crippen LogP contribution in [0.3, 0.4) is 0 Å². The molecule has 1 atom stereocenters. The van der Waals surface area contributed by atoms with Gasteiger partial charge < -0.3 is 10.6 Å². The van der Waals surface area contributed by atoms with Crippen molar-refractivity contribution in [2.45, 2.75) is 46.0 Å². The van der Waals surface area contributed by atoms with E-state index in [2.05, 4.69) is 17.6 Å². The third kappa shape index (κ3) is 4.97. The van der Waals surface area contributed by atoms with Gasteiger partial charge in [-0.15, -0.1) is 0 Å². The van der Waals surface area contributed by atoms with Crippen LogP contribution in [-0.2, 0) is 4.79 Å². The maximum atomic E-state index is 11.7. The van der Waals surface area contributed by atoms with E-state index in [0.29, 0.717) is 0 Å². The van der Waals surface area contributed by atoms with Gasteiger partial charge in [0.1, 0.15) is 0 Å². The molecule has 0 saturated heterocycles. The largest absolute Gasteiger partial charge is 0.356 e. The lowest BCUT2D eigenvalue weighted by molar-refractivity contribution is -0.124. The third-order valence-electron chi connectivity index (χ3n) is 3.44. The molecule has 2 N–H and O–H groups in total. The first kappa shape index (κ1) is 13.5. The van der Waals surface area contributed by atoms with Crippen LogP contribution in [0.5, 0.6) is 0 Å². The van der Waals surface area contributed by atoms with Crippen molar-refractivity contribution in [3.05, 3.63) is 0 Å². The first-order valence-corrected chi connectivity index (χ1v) is 6.72. The third-order valence-corrected chi connectivity index (χ3v) is 3.44. The highest BCUT2D eigenvalue weighted by Gasteiger charge is 2.16. The molecule has 1 saturated carbocycles. The molecule has 94 valence electrons. The van der Waals surface area contributed by atoms with Gasteiger partial charge in [0.05, 0.1) is 0 Å². The number of amides is 1. The molecular formula is C13H26N2O. The Kier molecular flexibility index (Phi) is 6.46. The van der Waals surface area contributed by atoms with Crippen LogP contribution in [-0.4, -0.2) is 25.5 Å². The van der Waals surface area contributed by atoms with Gasteiger partial charge >= 0.3 is 0 Å². The van der Waals surface area contributed by atoms with Crippen molar-refractivity contribution < 1.29 is 4.79 Å².